The Hall–Kier alpha value is -8.63. The molecule has 438 valence electrons. The van der Waals surface area contributed by atoms with Crippen LogP contribution in [-0.4, -0.2) is 50.3 Å². The van der Waals surface area contributed by atoms with E-state index in [2.05, 4.69) is 263 Å². The molecule has 0 atom stereocenters. The number of fused-ring (bicyclic) bond motifs is 3. The zero-order valence-corrected chi connectivity index (χ0v) is 52.9. The highest BCUT2D eigenvalue weighted by atomic mass is 15.3. The first kappa shape index (κ1) is 66.2. The highest BCUT2D eigenvalue weighted by Crippen LogP contribution is 2.32. The van der Waals surface area contributed by atoms with Gasteiger partial charge in [0.1, 0.15) is 24.8 Å². The summed E-state index contributed by atoms with van der Waals surface area (Å²) in [6.07, 6.45) is 8.49. The van der Waals surface area contributed by atoms with E-state index in [0.29, 0.717) is 35.9 Å². The minimum absolute atomic E-state index is 0.262. The average molecular weight is 1120 g/mol. The van der Waals surface area contributed by atoms with Crippen LogP contribution in [0.25, 0.3) is 44.6 Å². The number of benzene rings is 7. The van der Waals surface area contributed by atoms with Gasteiger partial charge in [-0.2, -0.15) is 5.10 Å². The third-order valence-corrected chi connectivity index (χ3v) is 13.4. The molecule has 0 aliphatic rings. The van der Waals surface area contributed by atoms with Gasteiger partial charge in [0.25, 0.3) is 0 Å². The smallest absolute Gasteiger partial charge is 0.163 e. The van der Waals surface area contributed by atoms with Gasteiger partial charge in [0.15, 0.2) is 11.6 Å². The molecule has 11 aromatic rings. The van der Waals surface area contributed by atoms with Gasteiger partial charge in [0.2, 0.25) is 0 Å². The van der Waals surface area contributed by atoms with Crippen molar-refractivity contribution in [3.05, 3.63) is 248 Å². The van der Waals surface area contributed by atoms with Crippen molar-refractivity contribution >= 4 is 33.2 Å². The maximum Gasteiger partial charge on any atom is 0.163 e. The van der Waals surface area contributed by atoms with E-state index in [1.165, 1.54) is 49.9 Å². The van der Waals surface area contributed by atoms with Crippen LogP contribution in [0.4, 0.5) is 11.4 Å². The molecule has 11 rings (SSSR count). The first-order valence-corrected chi connectivity index (χ1v) is 30.0. The molecule has 0 saturated carbocycles. The number of nitrogens with zero attached hydrogens (tertiary/aromatic N) is 10. The van der Waals surface area contributed by atoms with Crippen LogP contribution >= 0.6 is 0 Å². The summed E-state index contributed by atoms with van der Waals surface area (Å²) in [5.41, 5.74) is 11.2. The third-order valence-electron chi connectivity index (χ3n) is 13.4. The van der Waals surface area contributed by atoms with Gasteiger partial charge in [-0.25, -0.2) is 29.9 Å². The van der Waals surface area contributed by atoms with E-state index in [0.717, 1.165) is 28.6 Å². The minimum Gasteiger partial charge on any atom is -0.339 e. The Morgan fingerprint density at radius 3 is 1.05 bits per heavy atom. The quantitative estimate of drug-likeness (QED) is 0.126. The number of rotatable bonds is 11. The summed E-state index contributed by atoms with van der Waals surface area (Å²) in [5.74, 6) is 4.37. The van der Waals surface area contributed by atoms with Gasteiger partial charge in [-0.05, 0) is 112 Å². The summed E-state index contributed by atoms with van der Waals surface area (Å²) in [6, 6.07) is 68.6. The lowest BCUT2D eigenvalue weighted by atomic mass is 9.97. The van der Waals surface area contributed by atoms with Crippen molar-refractivity contribution in [1.29, 1.82) is 0 Å². The van der Waals surface area contributed by atoms with Gasteiger partial charge in [-0.15, -0.1) is 0 Å². The third kappa shape index (κ3) is 20.1. The number of aromatic nitrogens is 9. The largest absolute Gasteiger partial charge is 0.339 e. The lowest BCUT2D eigenvalue weighted by Crippen LogP contribution is -2.25. The Morgan fingerprint density at radius 2 is 0.738 bits per heavy atom. The van der Waals surface area contributed by atoms with Crippen molar-refractivity contribution in [3.63, 3.8) is 0 Å². The van der Waals surface area contributed by atoms with E-state index < -0.39 is 0 Å². The van der Waals surface area contributed by atoms with E-state index in [-0.39, 0.29) is 5.92 Å². The molecular weight excluding hydrogens is 1030 g/mol. The molecule has 0 unspecified atom stereocenters. The fourth-order valence-corrected chi connectivity index (χ4v) is 8.87. The summed E-state index contributed by atoms with van der Waals surface area (Å²) in [5, 5.41) is 6.63. The zero-order valence-electron chi connectivity index (χ0n) is 52.9. The number of para-hydroxylation sites is 4. The lowest BCUT2D eigenvalue weighted by molar-refractivity contribution is 0.531. The summed E-state index contributed by atoms with van der Waals surface area (Å²) in [4.78, 5) is 27.8. The number of hydrogen-bond acceptors (Lipinski definition) is 8. The molecule has 0 aliphatic carbocycles. The van der Waals surface area contributed by atoms with Crippen LogP contribution in [0, 0.1) is 0 Å². The fourth-order valence-electron chi connectivity index (χ4n) is 8.87. The Morgan fingerprint density at radius 1 is 0.357 bits per heavy atom. The van der Waals surface area contributed by atoms with E-state index in [1.807, 2.05) is 99.0 Å². The SMILES string of the molecule is CC.CC(C)N(c1ccccc1)c1ccccc1.CC(C)c1ccc(C(C)C)cc1.CC(C)c1cncnc1.CC(C)c1nc(-c2ccccc2)nc(-c2ccccc2)n1.CC(C)n1c2ccccc2c2ccccc21.CC(C)n1cncn1. The lowest BCUT2D eigenvalue weighted by Gasteiger charge is -2.29. The van der Waals surface area contributed by atoms with Crippen molar-refractivity contribution in [3.8, 4) is 22.8 Å². The molecule has 0 radical (unpaired) electrons. The average Bonchev–Trinajstić information content (AvgIpc) is 4.08. The molecule has 0 saturated heterocycles. The minimum atomic E-state index is 0.262. The van der Waals surface area contributed by atoms with E-state index in [1.54, 1.807) is 23.7 Å². The molecule has 10 heteroatoms. The predicted molar refractivity (Wildman–Crippen MR) is 357 cm³/mol. The summed E-state index contributed by atoms with van der Waals surface area (Å²) in [7, 11) is 0. The van der Waals surface area contributed by atoms with Crippen LogP contribution in [0.5, 0.6) is 0 Å². The molecule has 7 aromatic carbocycles. The van der Waals surface area contributed by atoms with Crippen molar-refractivity contribution in [1.82, 2.24) is 44.3 Å². The van der Waals surface area contributed by atoms with Gasteiger partial charge >= 0.3 is 0 Å². The van der Waals surface area contributed by atoms with Crippen LogP contribution in [0.1, 0.15) is 169 Å². The summed E-state index contributed by atoms with van der Waals surface area (Å²) < 4.78 is 4.21. The maximum atomic E-state index is 4.63. The molecular formula is C74H92N10. The molecule has 0 bridgehead atoms. The molecule has 0 fully saturated rings. The topological polar surface area (TPSA) is 103 Å². The van der Waals surface area contributed by atoms with E-state index in [9.17, 15) is 0 Å². The van der Waals surface area contributed by atoms with E-state index >= 15 is 0 Å². The second kappa shape index (κ2) is 34.7. The predicted octanol–water partition coefficient (Wildman–Crippen LogP) is 20.4. The van der Waals surface area contributed by atoms with Crippen molar-refractivity contribution < 1.29 is 0 Å². The van der Waals surface area contributed by atoms with Gasteiger partial charge < -0.3 is 9.47 Å². The van der Waals surface area contributed by atoms with Crippen molar-refractivity contribution in [2.24, 2.45) is 0 Å². The highest BCUT2D eigenvalue weighted by molar-refractivity contribution is 6.08. The molecule has 0 spiro atoms. The number of hydrogen-bond donors (Lipinski definition) is 0. The number of anilines is 2. The Labute approximate surface area is 503 Å². The molecule has 0 aliphatic heterocycles. The maximum absolute atomic E-state index is 4.63. The zero-order chi connectivity index (χ0) is 61.0. The normalized spacial score (nSPS) is 10.7. The second-order valence-corrected chi connectivity index (χ2v) is 22.1. The van der Waals surface area contributed by atoms with Crippen LogP contribution in [0.15, 0.2) is 225 Å². The monoisotopic (exact) mass is 1120 g/mol. The van der Waals surface area contributed by atoms with Crippen molar-refractivity contribution in [2.75, 3.05) is 4.90 Å². The van der Waals surface area contributed by atoms with E-state index in [4.69, 9.17) is 0 Å². The summed E-state index contributed by atoms with van der Waals surface area (Å²) in [6.45, 7) is 34.4. The first-order valence-electron chi connectivity index (χ1n) is 30.0. The van der Waals surface area contributed by atoms with Crippen LogP contribution in [-0.2, 0) is 0 Å². The van der Waals surface area contributed by atoms with Gasteiger partial charge in [0, 0.05) is 80.7 Å². The Balaban J connectivity index is 0.000000188. The fraction of sp³-hybridized carbons (Fsp3) is 0.311. The molecule has 0 N–H and O–H groups in total. The first-order chi connectivity index (χ1) is 40.5. The second-order valence-electron chi connectivity index (χ2n) is 22.1. The molecule has 4 aromatic heterocycles. The molecule has 0 amide bonds. The van der Waals surface area contributed by atoms with Crippen LogP contribution in [0.2, 0.25) is 0 Å². The van der Waals surface area contributed by atoms with Crippen LogP contribution < -0.4 is 4.90 Å². The highest BCUT2D eigenvalue weighted by Gasteiger charge is 2.14. The molecule has 4 heterocycles. The van der Waals surface area contributed by atoms with Crippen molar-refractivity contribution in [2.45, 2.75) is 153 Å². The van der Waals surface area contributed by atoms with Gasteiger partial charge in [-0.1, -0.05) is 227 Å². The summed E-state index contributed by atoms with van der Waals surface area (Å²) >= 11 is 0. The Kier molecular flexibility index (Phi) is 27.4. The Bertz CT molecular complexity index is 3310. The standard InChI is InChI=1S/C18H17N3.C15H15N.C15H17N.C12H18.C7H10N2.C5H9N3.C2H6/c1-13(2)16-19-17(14-9-5-3-6-10-14)21-18(20-16)15-11-7-4-8-12-15;1-11(2)16-14-9-5-3-7-12(14)13-8-4-6-10-15(13)16;1-13(2)16(14-9-5-3-6-10-14)15-11-7-4-8-12-15;1-9(2)11-5-7-12(8-6-11)10(3)4;1-6(2)7-3-8-5-9-4-7;1-5(2)8-4-6-3-7-8;1-2/h3-13H,1-2H3;3-11H,1-2H3;3-13H,1-2H3;5-10H,1-4H3;3-6H,1-2H3;3-5H,1-2H3;1-2H3. The molecule has 84 heavy (non-hydrogen) atoms. The van der Waals surface area contributed by atoms with Gasteiger partial charge in [-0.3, -0.25) is 4.68 Å². The molecule has 10 nitrogen and oxygen atoms in total. The van der Waals surface area contributed by atoms with Gasteiger partial charge in [0.05, 0.1) is 0 Å². The van der Waals surface area contributed by atoms with Crippen LogP contribution in [0.3, 0.4) is 0 Å².